The van der Waals surface area contributed by atoms with E-state index in [9.17, 15) is 4.79 Å². The van der Waals surface area contributed by atoms with Crippen molar-refractivity contribution in [1.29, 1.82) is 10.5 Å². The maximum atomic E-state index is 11.8. The molecule has 2 aromatic rings. The molecule has 0 aliphatic rings. The summed E-state index contributed by atoms with van der Waals surface area (Å²) in [7, 11) is 1.21. The van der Waals surface area contributed by atoms with Crippen molar-refractivity contribution in [2.75, 3.05) is 7.11 Å². The second-order valence-electron chi connectivity index (χ2n) is 3.59. The summed E-state index contributed by atoms with van der Waals surface area (Å²) in [5.74, 6) is -0.733. The lowest BCUT2D eigenvalue weighted by atomic mass is 10.0. The fourth-order valence-corrected chi connectivity index (χ4v) is 1.71. The molecule has 92 valence electrons. The van der Waals surface area contributed by atoms with E-state index >= 15 is 0 Å². The number of methoxy groups -OCH3 is 1. The van der Waals surface area contributed by atoms with Gasteiger partial charge in [0.25, 0.3) is 0 Å². The van der Waals surface area contributed by atoms with Crippen LogP contribution in [0.3, 0.4) is 0 Å². The van der Waals surface area contributed by atoms with Crippen LogP contribution in [-0.4, -0.2) is 13.1 Å². The first kappa shape index (κ1) is 12.4. The molecule has 19 heavy (non-hydrogen) atoms. The lowest BCUT2D eigenvalue weighted by molar-refractivity contribution is 0.0601. The number of hydrogen-bond donors (Lipinski definition) is 0. The van der Waals surface area contributed by atoms with Gasteiger partial charge in [-0.3, -0.25) is 0 Å². The molecule has 5 nitrogen and oxygen atoms in total. The normalized spacial score (nSPS) is 9.42. The molecule has 0 fully saturated rings. The van der Waals surface area contributed by atoms with E-state index in [4.69, 9.17) is 14.9 Å². The van der Waals surface area contributed by atoms with E-state index in [0.717, 1.165) is 0 Å². The van der Waals surface area contributed by atoms with Crippen molar-refractivity contribution in [2.45, 2.75) is 0 Å². The monoisotopic (exact) mass is 252 g/mol. The van der Waals surface area contributed by atoms with Crippen LogP contribution in [0.4, 0.5) is 0 Å². The molecular weight excluding hydrogens is 244 g/mol. The van der Waals surface area contributed by atoms with Gasteiger partial charge in [-0.05, 0) is 0 Å². The zero-order chi connectivity index (χ0) is 13.8. The number of esters is 1. The highest BCUT2D eigenvalue weighted by Gasteiger charge is 2.27. The predicted molar refractivity (Wildman–Crippen MR) is 64.9 cm³/mol. The molecule has 0 N–H and O–H groups in total. The third-order valence-corrected chi connectivity index (χ3v) is 2.55. The minimum absolute atomic E-state index is 0.0206. The Hall–Kier alpha value is -3.05. The highest BCUT2D eigenvalue weighted by atomic mass is 16.5. The third-order valence-electron chi connectivity index (χ3n) is 2.55. The van der Waals surface area contributed by atoms with E-state index in [-0.39, 0.29) is 22.6 Å². The SMILES string of the molecule is COC(=O)c1c(-c2ccccc2)oc(C#N)c1C#N. The van der Waals surface area contributed by atoms with E-state index in [1.807, 2.05) is 0 Å². The van der Waals surface area contributed by atoms with Crippen molar-refractivity contribution in [3.05, 3.63) is 47.2 Å². The summed E-state index contributed by atoms with van der Waals surface area (Å²) < 4.78 is 9.95. The van der Waals surface area contributed by atoms with Gasteiger partial charge in [-0.2, -0.15) is 10.5 Å². The van der Waals surface area contributed by atoms with Crippen LogP contribution < -0.4 is 0 Å². The average molecular weight is 252 g/mol. The molecular formula is C14H8N2O3. The van der Waals surface area contributed by atoms with Crippen LogP contribution in [0.5, 0.6) is 0 Å². The highest BCUT2D eigenvalue weighted by molar-refractivity contribution is 5.99. The van der Waals surface area contributed by atoms with Gasteiger partial charge in [0.05, 0.1) is 7.11 Å². The number of hydrogen-bond acceptors (Lipinski definition) is 5. The van der Waals surface area contributed by atoms with E-state index in [0.29, 0.717) is 5.56 Å². The molecule has 0 saturated carbocycles. The lowest BCUT2D eigenvalue weighted by Crippen LogP contribution is -2.03. The number of ether oxygens (including phenoxy) is 1. The van der Waals surface area contributed by atoms with Gasteiger partial charge >= 0.3 is 5.97 Å². The second kappa shape index (κ2) is 5.07. The quantitative estimate of drug-likeness (QED) is 0.766. The maximum absolute atomic E-state index is 11.8. The standard InChI is InChI=1S/C14H8N2O3/c1-18-14(17)12-10(7-15)11(8-16)19-13(12)9-5-3-2-4-6-9/h2-6H,1H3. The molecule has 1 aromatic carbocycles. The topological polar surface area (TPSA) is 87.0 Å². The van der Waals surface area contributed by atoms with Gasteiger partial charge in [0.15, 0.2) is 5.76 Å². The van der Waals surface area contributed by atoms with Crippen LogP contribution in [-0.2, 0) is 4.74 Å². The summed E-state index contributed by atoms with van der Waals surface area (Å²) >= 11 is 0. The van der Waals surface area contributed by atoms with Crippen LogP contribution in [0, 0.1) is 22.7 Å². The number of carbonyl (C=O) groups excluding carboxylic acids is 1. The maximum Gasteiger partial charge on any atom is 0.343 e. The number of nitriles is 2. The Labute approximate surface area is 109 Å². The lowest BCUT2D eigenvalue weighted by Gasteiger charge is -2.00. The van der Waals surface area contributed by atoms with Crippen molar-refractivity contribution in [3.8, 4) is 23.5 Å². The molecule has 1 aromatic heterocycles. The van der Waals surface area contributed by atoms with Crippen LogP contribution in [0.1, 0.15) is 21.7 Å². The van der Waals surface area contributed by atoms with Crippen molar-refractivity contribution in [1.82, 2.24) is 0 Å². The first-order valence-electron chi connectivity index (χ1n) is 5.33. The minimum Gasteiger partial charge on any atom is -0.465 e. The molecule has 0 atom stereocenters. The van der Waals surface area contributed by atoms with E-state index in [2.05, 4.69) is 4.74 Å². The van der Waals surface area contributed by atoms with Crippen molar-refractivity contribution in [3.63, 3.8) is 0 Å². The first-order chi connectivity index (χ1) is 9.22. The minimum atomic E-state index is -0.708. The Balaban J connectivity index is 2.76. The Bertz CT molecular complexity index is 703. The van der Waals surface area contributed by atoms with Crippen LogP contribution in [0.15, 0.2) is 34.7 Å². The van der Waals surface area contributed by atoms with Gasteiger partial charge in [-0.25, -0.2) is 4.79 Å². The average Bonchev–Trinajstić information content (AvgIpc) is 2.85. The largest absolute Gasteiger partial charge is 0.465 e. The fraction of sp³-hybridized carbons (Fsp3) is 0.0714. The molecule has 0 unspecified atom stereocenters. The number of furan rings is 1. The molecule has 0 radical (unpaired) electrons. The van der Waals surface area contributed by atoms with E-state index < -0.39 is 5.97 Å². The Morgan fingerprint density at radius 3 is 2.42 bits per heavy atom. The van der Waals surface area contributed by atoms with Crippen LogP contribution in [0.2, 0.25) is 0 Å². The number of carbonyl (C=O) groups is 1. The fourth-order valence-electron chi connectivity index (χ4n) is 1.71. The molecule has 0 saturated heterocycles. The molecule has 2 rings (SSSR count). The van der Waals surface area contributed by atoms with Crippen LogP contribution in [0.25, 0.3) is 11.3 Å². The van der Waals surface area contributed by atoms with Gasteiger partial charge in [-0.1, -0.05) is 30.3 Å². The molecule has 0 bridgehead atoms. The Morgan fingerprint density at radius 2 is 1.89 bits per heavy atom. The van der Waals surface area contributed by atoms with Crippen molar-refractivity contribution in [2.24, 2.45) is 0 Å². The number of benzene rings is 1. The number of nitrogens with zero attached hydrogens (tertiary/aromatic N) is 2. The summed E-state index contributed by atoms with van der Waals surface area (Å²) in [6.07, 6.45) is 0. The first-order valence-corrected chi connectivity index (χ1v) is 5.33. The van der Waals surface area contributed by atoms with Crippen molar-refractivity contribution < 1.29 is 13.9 Å². The third kappa shape index (κ3) is 2.05. The van der Waals surface area contributed by atoms with Gasteiger partial charge in [0.2, 0.25) is 5.76 Å². The summed E-state index contributed by atoms with van der Waals surface area (Å²) in [6, 6.07) is 12.3. The summed E-state index contributed by atoms with van der Waals surface area (Å²) in [4.78, 5) is 11.8. The smallest absolute Gasteiger partial charge is 0.343 e. The van der Waals surface area contributed by atoms with Gasteiger partial charge in [0, 0.05) is 5.56 Å². The van der Waals surface area contributed by atoms with E-state index in [1.54, 1.807) is 42.5 Å². The van der Waals surface area contributed by atoms with E-state index in [1.165, 1.54) is 7.11 Å². The molecule has 0 amide bonds. The predicted octanol–water partition coefficient (Wildman–Crippen LogP) is 2.48. The highest BCUT2D eigenvalue weighted by Crippen LogP contribution is 2.31. The second-order valence-corrected chi connectivity index (χ2v) is 3.59. The molecule has 0 spiro atoms. The van der Waals surface area contributed by atoms with Crippen molar-refractivity contribution >= 4 is 5.97 Å². The summed E-state index contributed by atoms with van der Waals surface area (Å²) in [5, 5.41) is 18.0. The number of rotatable bonds is 2. The summed E-state index contributed by atoms with van der Waals surface area (Å²) in [5.41, 5.74) is 0.474. The molecule has 1 heterocycles. The Kier molecular flexibility index (Phi) is 3.31. The molecule has 5 heteroatoms. The zero-order valence-electron chi connectivity index (χ0n) is 10.0. The Morgan fingerprint density at radius 1 is 1.21 bits per heavy atom. The van der Waals surface area contributed by atoms with Crippen LogP contribution >= 0.6 is 0 Å². The molecule has 0 aliphatic heterocycles. The van der Waals surface area contributed by atoms with Gasteiger partial charge in [0.1, 0.15) is 23.3 Å². The zero-order valence-corrected chi connectivity index (χ0v) is 10.0. The molecule has 0 aliphatic carbocycles. The van der Waals surface area contributed by atoms with Gasteiger partial charge in [-0.15, -0.1) is 0 Å². The summed E-state index contributed by atoms with van der Waals surface area (Å²) in [6.45, 7) is 0. The van der Waals surface area contributed by atoms with Gasteiger partial charge < -0.3 is 9.15 Å².